The Labute approximate surface area is 160 Å². The van der Waals surface area contributed by atoms with E-state index in [1.54, 1.807) is 12.1 Å². The predicted molar refractivity (Wildman–Crippen MR) is 105 cm³/mol. The summed E-state index contributed by atoms with van der Waals surface area (Å²) in [5.41, 5.74) is 3.51. The van der Waals surface area contributed by atoms with Crippen LogP contribution in [-0.2, 0) is 16.1 Å². The van der Waals surface area contributed by atoms with Gasteiger partial charge in [0, 0.05) is 19.7 Å². The predicted octanol–water partition coefficient (Wildman–Crippen LogP) is 4.06. The van der Waals surface area contributed by atoms with Gasteiger partial charge in [-0.3, -0.25) is 9.69 Å². The van der Waals surface area contributed by atoms with Gasteiger partial charge in [-0.1, -0.05) is 30.3 Å². The average molecular weight is 370 g/mol. The van der Waals surface area contributed by atoms with Gasteiger partial charge in [0.25, 0.3) is 0 Å². The van der Waals surface area contributed by atoms with Crippen LogP contribution in [0.2, 0.25) is 0 Å². The standard InChI is InChI=1S/C22H27FN2O2/c1-16-9-10-20(23)21(12-16)24-22(26)15-25(14-19-8-5-11-27-19)13-18-7-4-3-6-17(18)2/h3-4,6-7,9-10,12,19H,5,8,11,13-15H2,1-2H3,(H,24,26). The summed E-state index contributed by atoms with van der Waals surface area (Å²) in [7, 11) is 0. The molecule has 1 heterocycles. The highest BCUT2D eigenvalue weighted by atomic mass is 19.1. The Hall–Kier alpha value is -2.24. The van der Waals surface area contributed by atoms with Gasteiger partial charge in [0.05, 0.1) is 18.3 Å². The van der Waals surface area contributed by atoms with Crippen molar-refractivity contribution in [2.45, 2.75) is 39.3 Å². The van der Waals surface area contributed by atoms with Crippen molar-refractivity contribution in [1.29, 1.82) is 0 Å². The molecule has 3 rings (SSSR count). The number of anilines is 1. The van der Waals surface area contributed by atoms with Crippen LogP contribution >= 0.6 is 0 Å². The second kappa shape index (κ2) is 9.11. The Morgan fingerprint density at radius 1 is 1.26 bits per heavy atom. The average Bonchev–Trinajstić information content (AvgIpc) is 3.13. The number of rotatable bonds is 7. The van der Waals surface area contributed by atoms with E-state index in [1.807, 2.05) is 19.1 Å². The molecule has 1 fully saturated rings. The number of hydrogen-bond donors (Lipinski definition) is 1. The van der Waals surface area contributed by atoms with Gasteiger partial charge in [0.1, 0.15) is 5.82 Å². The van der Waals surface area contributed by atoms with Crippen LogP contribution in [0, 0.1) is 19.7 Å². The zero-order valence-corrected chi connectivity index (χ0v) is 16.0. The number of aryl methyl sites for hydroxylation is 2. The summed E-state index contributed by atoms with van der Waals surface area (Å²) in [5.74, 6) is -0.635. The molecule has 4 nitrogen and oxygen atoms in total. The molecular weight excluding hydrogens is 343 g/mol. The van der Waals surface area contributed by atoms with Crippen molar-refractivity contribution in [1.82, 2.24) is 4.90 Å². The fourth-order valence-corrected chi connectivity index (χ4v) is 3.42. The third-order valence-electron chi connectivity index (χ3n) is 4.90. The molecule has 2 aromatic carbocycles. The quantitative estimate of drug-likeness (QED) is 0.799. The zero-order valence-electron chi connectivity index (χ0n) is 16.0. The van der Waals surface area contributed by atoms with Gasteiger partial charge in [-0.25, -0.2) is 4.39 Å². The van der Waals surface area contributed by atoms with E-state index in [-0.39, 0.29) is 24.2 Å². The normalized spacial score (nSPS) is 16.7. The molecule has 2 aromatic rings. The van der Waals surface area contributed by atoms with E-state index in [0.29, 0.717) is 13.1 Å². The highest BCUT2D eigenvalue weighted by molar-refractivity contribution is 5.92. The summed E-state index contributed by atoms with van der Waals surface area (Å²) < 4.78 is 19.7. The van der Waals surface area contributed by atoms with Crippen molar-refractivity contribution >= 4 is 11.6 Å². The van der Waals surface area contributed by atoms with Gasteiger partial charge < -0.3 is 10.1 Å². The molecule has 0 saturated carbocycles. The van der Waals surface area contributed by atoms with E-state index >= 15 is 0 Å². The molecule has 1 aliphatic rings. The molecule has 1 amide bonds. The zero-order chi connectivity index (χ0) is 19.2. The van der Waals surface area contributed by atoms with Crippen molar-refractivity contribution in [3.8, 4) is 0 Å². The molecule has 0 radical (unpaired) electrons. The number of ether oxygens (including phenoxy) is 1. The van der Waals surface area contributed by atoms with Crippen LogP contribution in [0.4, 0.5) is 10.1 Å². The second-order valence-corrected chi connectivity index (χ2v) is 7.26. The van der Waals surface area contributed by atoms with E-state index in [2.05, 4.69) is 29.3 Å². The Morgan fingerprint density at radius 2 is 2.07 bits per heavy atom. The minimum absolute atomic E-state index is 0.150. The van der Waals surface area contributed by atoms with Crippen molar-refractivity contribution < 1.29 is 13.9 Å². The maximum absolute atomic E-state index is 13.9. The lowest BCUT2D eigenvalue weighted by molar-refractivity contribution is -0.117. The molecule has 0 aromatic heterocycles. The van der Waals surface area contributed by atoms with Gasteiger partial charge in [-0.05, 0) is 55.5 Å². The van der Waals surface area contributed by atoms with Crippen LogP contribution in [-0.4, -0.2) is 36.6 Å². The number of nitrogens with one attached hydrogen (secondary N) is 1. The molecule has 0 bridgehead atoms. The van der Waals surface area contributed by atoms with E-state index < -0.39 is 5.82 Å². The molecule has 1 saturated heterocycles. The topological polar surface area (TPSA) is 41.6 Å². The van der Waals surface area contributed by atoms with Crippen LogP contribution in [0.25, 0.3) is 0 Å². The van der Waals surface area contributed by atoms with Crippen LogP contribution in [0.1, 0.15) is 29.5 Å². The van der Waals surface area contributed by atoms with Gasteiger partial charge >= 0.3 is 0 Å². The van der Waals surface area contributed by atoms with Gasteiger partial charge in [0.15, 0.2) is 0 Å². The molecule has 1 atom stereocenters. The molecule has 144 valence electrons. The summed E-state index contributed by atoms with van der Waals surface area (Å²) >= 11 is 0. The van der Waals surface area contributed by atoms with Crippen LogP contribution < -0.4 is 5.32 Å². The molecule has 27 heavy (non-hydrogen) atoms. The van der Waals surface area contributed by atoms with Gasteiger partial charge in [0.2, 0.25) is 5.91 Å². The summed E-state index contributed by atoms with van der Waals surface area (Å²) in [6.07, 6.45) is 2.22. The molecular formula is C22H27FN2O2. The van der Waals surface area contributed by atoms with Crippen LogP contribution in [0.3, 0.4) is 0 Å². The van der Waals surface area contributed by atoms with E-state index in [4.69, 9.17) is 4.74 Å². The molecule has 1 unspecified atom stereocenters. The van der Waals surface area contributed by atoms with Crippen molar-refractivity contribution in [2.75, 3.05) is 25.0 Å². The summed E-state index contributed by atoms with van der Waals surface area (Å²) in [6, 6.07) is 12.9. The number of benzene rings is 2. The third kappa shape index (κ3) is 5.62. The Bertz CT molecular complexity index is 788. The lowest BCUT2D eigenvalue weighted by Gasteiger charge is -2.25. The molecule has 0 aliphatic carbocycles. The first-order valence-corrected chi connectivity index (χ1v) is 9.46. The monoisotopic (exact) mass is 370 g/mol. The number of hydrogen-bond acceptors (Lipinski definition) is 3. The Kier molecular flexibility index (Phi) is 6.58. The summed E-state index contributed by atoms with van der Waals surface area (Å²) in [4.78, 5) is 14.7. The number of halogens is 1. The first-order chi connectivity index (χ1) is 13.0. The third-order valence-corrected chi connectivity index (χ3v) is 4.90. The number of nitrogens with zero attached hydrogens (tertiary/aromatic N) is 1. The second-order valence-electron chi connectivity index (χ2n) is 7.26. The van der Waals surface area contributed by atoms with Crippen molar-refractivity contribution in [3.05, 3.63) is 65.0 Å². The lowest BCUT2D eigenvalue weighted by atomic mass is 10.1. The van der Waals surface area contributed by atoms with Gasteiger partial charge in [-0.2, -0.15) is 0 Å². The highest BCUT2D eigenvalue weighted by Crippen LogP contribution is 2.18. The van der Waals surface area contributed by atoms with Crippen molar-refractivity contribution in [2.24, 2.45) is 0 Å². The minimum atomic E-state index is -0.418. The number of carbonyl (C=O) groups excluding carboxylic acids is 1. The fourth-order valence-electron chi connectivity index (χ4n) is 3.42. The molecule has 5 heteroatoms. The van der Waals surface area contributed by atoms with E-state index in [0.717, 1.165) is 25.0 Å². The molecule has 0 spiro atoms. The maximum Gasteiger partial charge on any atom is 0.238 e. The SMILES string of the molecule is Cc1ccc(F)c(NC(=O)CN(Cc2ccccc2C)CC2CCCO2)c1. The van der Waals surface area contributed by atoms with E-state index in [9.17, 15) is 9.18 Å². The first-order valence-electron chi connectivity index (χ1n) is 9.46. The minimum Gasteiger partial charge on any atom is -0.377 e. The number of amides is 1. The molecule has 1 aliphatic heterocycles. The van der Waals surface area contributed by atoms with E-state index in [1.165, 1.54) is 17.2 Å². The summed E-state index contributed by atoms with van der Waals surface area (Å²) in [6.45, 7) is 6.28. The molecule has 1 N–H and O–H groups in total. The fraction of sp³-hybridized carbons (Fsp3) is 0.409. The smallest absolute Gasteiger partial charge is 0.238 e. The number of carbonyl (C=O) groups is 1. The van der Waals surface area contributed by atoms with Crippen LogP contribution in [0.15, 0.2) is 42.5 Å². The Morgan fingerprint density at radius 3 is 2.81 bits per heavy atom. The maximum atomic E-state index is 13.9. The van der Waals surface area contributed by atoms with Gasteiger partial charge in [-0.15, -0.1) is 0 Å². The Balaban J connectivity index is 1.68. The highest BCUT2D eigenvalue weighted by Gasteiger charge is 2.22. The largest absolute Gasteiger partial charge is 0.377 e. The summed E-state index contributed by atoms with van der Waals surface area (Å²) in [5, 5.41) is 2.71. The van der Waals surface area contributed by atoms with Crippen molar-refractivity contribution in [3.63, 3.8) is 0 Å². The first kappa shape index (κ1) is 19.5. The lowest BCUT2D eigenvalue weighted by Crippen LogP contribution is -2.38. The van der Waals surface area contributed by atoms with Crippen LogP contribution in [0.5, 0.6) is 0 Å².